The minimum absolute atomic E-state index is 0.128. The molecule has 0 saturated carbocycles. The minimum atomic E-state index is -0.369. The average Bonchev–Trinajstić information content (AvgIpc) is 3.24. The quantitative estimate of drug-likeness (QED) is 0.0841. The summed E-state index contributed by atoms with van der Waals surface area (Å²) < 4.78 is 24.4. The third-order valence-corrected chi connectivity index (χ3v) is 13.5. The summed E-state index contributed by atoms with van der Waals surface area (Å²) in [4.78, 5) is 0. The number of ether oxygens (including phenoxy) is 4. The number of aromatic hydroxyl groups is 2. The molecule has 6 heteroatoms. The number of rotatable bonds is 14. The molecule has 2 N–H and O–H groups in total. The van der Waals surface area contributed by atoms with Crippen LogP contribution in [0.3, 0.4) is 0 Å². The number of phenols is 2. The maximum absolute atomic E-state index is 11.1. The van der Waals surface area contributed by atoms with Gasteiger partial charge in [0.05, 0.1) is 0 Å². The fourth-order valence-electron chi connectivity index (χ4n) is 9.51. The summed E-state index contributed by atoms with van der Waals surface area (Å²) >= 11 is 0. The zero-order valence-electron chi connectivity index (χ0n) is 40.0. The van der Waals surface area contributed by atoms with E-state index >= 15 is 0 Å². The second kappa shape index (κ2) is 18.6. The molecular weight excluding hydrogens is 769 g/mol. The van der Waals surface area contributed by atoms with Crippen molar-refractivity contribution in [3.05, 3.63) is 161 Å². The van der Waals surface area contributed by atoms with Crippen LogP contribution in [0.25, 0.3) is 10.8 Å². The van der Waals surface area contributed by atoms with E-state index in [9.17, 15) is 10.2 Å². The van der Waals surface area contributed by atoms with Gasteiger partial charge < -0.3 is 29.2 Å². The molecule has 0 radical (unpaired) electrons. The number of hydrogen-bond acceptors (Lipinski definition) is 6. The van der Waals surface area contributed by atoms with E-state index in [2.05, 4.69) is 116 Å². The van der Waals surface area contributed by atoms with Crippen molar-refractivity contribution in [2.24, 2.45) is 0 Å². The molecule has 0 aliphatic rings. The Kier molecular flexibility index (Phi) is 13.9. The summed E-state index contributed by atoms with van der Waals surface area (Å²) in [6.07, 6.45) is -0.737. The monoisotopic (exact) mass is 837 g/mol. The Morgan fingerprint density at radius 2 is 0.726 bits per heavy atom. The van der Waals surface area contributed by atoms with Gasteiger partial charge in [0.2, 0.25) is 0 Å². The SMILES string of the molecule is CCOC(C)Oc1c(C)cc(C(c2ccc3ccc(C(c4cc(C)c(O)c(C)c4C)c4cc(C)c(OC(C)OCC)c(C)c4C)cc3c2)c2cc(C)c(O)c(C)c2C)c(C)c1C. The van der Waals surface area contributed by atoms with Crippen molar-refractivity contribution >= 4 is 10.8 Å². The van der Waals surface area contributed by atoms with E-state index in [0.717, 1.165) is 111 Å². The smallest absolute Gasteiger partial charge is 0.196 e. The maximum Gasteiger partial charge on any atom is 0.196 e. The lowest BCUT2D eigenvalue weighted by Crippen LogP contribution is -2.18. The normalized spacial score (nSPS) is 13.6. The van der Waals surface area contributed by atoms with Gasteiger partial charge in [-0.05, 0) is 222 Å². The highest BCUT2D eigenvalue weighted by molar-refractivity contribution is 5.85. The van der Waals surface area contributed by atoms with Crippen molar-refractivity contribution < 1.29 is 29.2 Å². The Morgan fingerprint density at radius 3 is 1.06 bits per heavy atom. The molecule has 0 fully saturated rings. The molecule has 6 rings (SSSR count). The summed E-state index contributed by atoms with van der Waals surface area (Å²) in [6.45, 7) is 34.1. The van der Waals surface area contributed by atoms with E-state index < -0.39 is 0 Å². The van der Waals surface area contributed by atoms with Crippen LogP contribution < -0.4 is 9.47 Å². The molecule has 0 aliphatic heterocycles. The van der Waals surface area contributed by atoms with Gasteiger partial charge in [0.25, 0.3) is 0 Å². The molecule has 0 spiro atoms. The van der Waals surface area contributed by atoms with Crippen LogP contribution in [0.5, 0.6) is 23.0 Å². The highest BCUT2D eigenvalue weighted by atomic mass is 16.7. The predicted octanol–water partition coefficient (Wildman–Crippen LogP) is 13.8. The van der Waals surface area contributed by atoms with Crippen LogP contribution >= 0.6 is 0 Å². The lowest BCUT2D eigenvalue weighted by molar-refractivity contribution is -0.0623. The van der Waals surface area contributed by atoms with Gasteiger partial charge in [-0.1, -0.05) is 60.7 Å². The standard InChI is InChI=1S/C56H68O6/c1-17-59-41(15)61-55-31(5)25-49(35(9)39(55)13)51(47-23-29(3)53(57)37(11)33(47)7)44-21-19-43-20-22-45(28-46(43)27-44)52(48-24-30(4)54(58)38(12)34(48)8)50-26-32(6)56(40(14)36(50)10)62-42(16)60-18-2/h19-28,41-42,51-52,57-58H,17-18H2,1-16H3. The molecule has 62 heavy (non-hydrogen) atoms. The van der Waals surface area contributed by atoms with Gasteiger partial charge in [0.15, 0.2) is 12.6 Å². The molecule has 328 valence electrons. The molecule has 0 heterocycles. The van der Waals surface area contributed by atoms with E-state index in [-0.39, 0.29) is 24.4 Å². The summed E-state index contributed by atoms with van der Waals surface area (Å²) in [6, 6.07) is 22.6. The third-order valence-electron chi connectivity index (χ3n) is 13.5. The third kappa shape index (κ3) is 8.69. The Hall–Kier alpha value is -5.30. The Bertz CT molecular complexity index is 2470. The van der Waals surface area contributed by atoms with E-state index in [1.54, 1.807) is 0 Å². The average molecular weight is 837 g/mol. The first-order valence-corrected chi connectivity index (χ1v) is 22.2. The van der Waals surface area contributed by atoms with E-state index in [0.29, 0.717) is 24.7 Å². The Balaban J connectivity index is 1.61. The first kappa shape index (κ1) is 46.2. The lowest BCUT2D eigenvalue weighted by Gasteiger charge is -2.29. The van der Waals surface area contributed by atoms with Gasteiger partial charge in [-0.2, -0.15) is 0 Å². The van der Waals surface area contributed by atoms with Crippen LogP contribution in [0, 0.1) is 83.1 Å². The highest BCUT2D eigenvalue weighted by Gasteiger charge is 2.29. The fraction of sp³-hybridized carbons (Fsp3) is 0.393. The van der Waals surface area contributed by atoms with Crippen molar-refractivity contribution in [1.82, 2.24) is 0 Å². The molecule has 6 aromatic carbocycles. The van der Waals surface area contributed by atoms with Crippen LogP contribution in [0.15, 0.2) is 60.7 Å². The largest absolute Gasteiger partial charge is 0.507 e. The molecular formula is C56H68O6. The molecule has 4 unspecified atom stereocenters. The van der Waals surface area contributed by atoms with Crippen molar-refractivity contribution in [2.45, 2.75) is 135 Å². The van der Waals surface area contributed by atoms with Gasteiger partial charge in [-0.15, -0.1) is 0 Å². The van der Waals surface area contributed by atoms with Crippen molar-refractivity contribution in [1.29, 1.82) is 0 Å². The number of benzene rings is 6. The lowest BCUT2D eigenvalue weighted by atomic mass is 9.76. The fourth-order valence-corrected chi connectivity index (χ4v) is 9.51. The van der Waals surface area contributed by atoms with Gasteiger partial charge in [-0.25, -0.2) is 0 Å². The minimum Gasteiger partial charge on any atom is -0.507 e. The van der Waals surface area contributed by atoms with E-state index in [1.165, 1.54) is 11.1 Å². The molecule has 0 aliphatic carbocycles. The molecule has 6 aromatic rings. The van der Waals surface area contributed by atoms with E-state index in [1.807, 2.05) is 55.4 Å². The molecule has 0 amide bonds. The Morgan fingerprint density at radius 1 is 0.403 bits per heavy atom. The number of phenolic OH excluding ortho intramolecular Hbond substituents is 2. The van der Waals surface area contributed by atoms with Crippen LogP contribution in [-0.2, 0) is 9.47 Å². The maximum atomic E-state index is 11.1. The van der Waals surface area contributed by atoms with Crippen molar-refractivity contribution in [3.63, 3.8) is 0 Å². The highest BCUT2D eigenvalue weighted by Crippen LogP contribution is 2.46. The van der Waals surface area contributed by atoms with Gasteiger partial charge >= 0.3 is 0 Å². The topological polar surface area (TPSA) is 77.4 Å². The van der Waals surface area contributed by atoms with Gasteiger partial charge in [0.1, 0.15) is 23.0 Å². The van der Waals surface area contributed by atoms with Crippen molar-refractivity contribution in [2.75, 3.05) is 13.2 Å². The number of hydrogen-bond donors (Lipinski definition) is 2. The predicted molar refractivity (Wildman–Crippen MR) is 255 cm³/mol. The molecule has 6 nitrogen and oxygen atoms in total. The first-order valence-electron chi connectivity index (χ1n) is 22.2. The van der Waals surface area contributed by atoms with Crippen LogP contribution in [-0.4, -0.2) is 36.0 Å². The number of aryl methyl sites for hydroxylation is 4. The van der Waals surface area contributed by atoms with Gasteiger partial charge in [-0.3, -0.25) is 0 Å². The van der Waals surface area contributed by atoms with E-state index in [4.69, 9.17) is 18.9 Å². The second-order valence-electron chi connectivity index (χ2n) is 17.5. The Labute approximate surface area is 370 Å². The molecule has 0 saturated heterocycles. The molecule has 0 bridgehead atoms. The second-order valence-corrected chi connectivity index (χ2v) is 17.5. The summed E-state index contributed by atoms with van der Waals surface area (Å²) in [5.74, 6) is 2.14. The van der Waals surface area contributed by atoms with Crippen LogP contribution in [0.4, 0.5) is 0 Å². The van der Waals surface area contributed by atoms with Crippen LogP contribution in [0.2, 0.25) is 0 Å². The molecule has 0 aromatic heterocycles. The molecule has 4 atom stereocenters. The summed E-state index contributed by atoms with van der Waals surface area (Å²) in [7, 11) is 0. The van der Waals surface area contributed by atoms with Gasteiger partial charge in [0, 0.05) is 25.0 Å². The first-order chi connectivity index (χ1) is 29.3. The van der Waals surface area contributed by atoms with Crippen molar-refractivity contribution in [3.8, 4) is 23.0 Å². The number of fused-ring (bicyclic) bond motifs is 1. The summed E-state index contributed by atoms with van der Waals surface area (Å²) in [5.41, 5.74) is 19.3. The zero-order chi connectivity index (χ0) is 45.5. The van der Waals surface area contributed by atoms with Crippen LogP contribution in [0.1, 0.15) is 140 Å². The zero-order valence-corrected chi connectivity index (χ0v) is 40.0. The summed E-state index contributed by atoms with van der Waals surface area (Å²) in [5, 5.41) is 24.5.